The number of aromatic nitrogens is 2. The van der Waals surface area contributed by atoms with Crippen LogP contribution in [0.2, 0.25) is 0 Å². The zero-order chi connectivity index (χ0) is 15.2. The minimum atomic E-state index is -4.52. The summed E-state index contributed by atoms with van der Waals surface area (Å²) in [5.41, 5.74) is 0.108. The highest BCUT2D eigenvalue weighted by Gasteiger charge is 2.36. The van der Waals surface area contributed by atoms with Crippen molar-refractivity contribution >= 4 is 16.9 Å². The zero-order valence-corrected chi connectivity index (χ0v) is 11.4. The maximum Gasteiger partial charge on any atom is 0.431 e. The van der Waals surface area contributed by atoms with E-state index in [2.05, 4.69) is 10.3 Å². The molecule has 0 unspecified atom stereocenters. The van der Waals surface area contributed by atoms with Crippen LogP contribution in [0.5, 0.6) is 0 Å². The Morgan fingerprint density at radius 1 is 1.43 bits per heavy atom. The number of rotatable bonds is 3. The van der Waals surface area contributed by atoms with Crippen molar-refractivity contribution in [1.82, 2.24) is 14.9 Å². The lowest BCUT2D eigenvalue weighted by molar-refractivity contribution is -0.143. The van der Waals surface area contributed by atoms with Crippen molar-refractivity contribution in [1.29, 1.82) is 0 Å². The summed E-state index contributed by atoms with van der Waals surface area (Å²) in [5, 5.41) is 3.08. The Kier molecular flexibility index (Phi) is 3.15. The molecule has 1 saturated carbocycles. The van der Waals surface area contributed by atoms with Crippen molar-refractivity contribution < 1.29 is 18.0 Å². The van der Waals surface area contributed by atoms with E-state index in [1.807, 2.05) is 0 Å². The van der Waals surface area contributed by atoms with Crippen LogP contribution in [-0.2, 0) is 17.5 Å². The maximum atomic E-state index is 13.1. The molecule has 1 N–H and O–H groups in total. The first kappa shape index (κ1) is 13.9. The van der Waals surface area contributed by atoms with Gasteiger partial charge in [0, 0.05) is 17.6 Å². The van der Waals surface area contributed by atoms with Gasteiger partial charge in [0.2, 0.25) is 5.91 Å². The Morgan fingerprint density at radius 2 is 2.14 bits per heavy atom. The third-order valence-corrected chi connectivity index (χ3v) is 3.41. The van der Waals surface area contributed by atoms with Crippen molar-refractivity contribution in [2.75, 3.05) is 0 Å². The topological polar surface area (TPSA) is 46.9 Å². The molecule has 1 fully saturated rings. The minimum Gasteiger partial charge on any atom is -0.352 e. The normalized spacial score (nSPS) is 15.4. The summed E-state index contributed by atoms with van der Waals surface area (Å²) in [6.07, 6.45) is -1.24. The monoisotopic (exact) mass is 297 g/mol. The molecule has 2 aromatic rings. The summed E-state index contributed by atoms with van der Waals surface area (Å²) in [5.74, 6) is -0.414. The van der Waals surface area contributed by atoms with Gasteiger partial charge in [0.15, 0.2) is 0 Å². The molecule has 0 saturated heterocycles. The number of carbonyl (C=O) groups excluding carboxylic acids is 1. The molecule has 0 spiro atoms. The number of fused-ring (bicyclic) bond motifs is 1. The highest BCUT2D eigenvalue weighted by molar-refractivity contribution is 5.82. The van der Waals surface area contributed by atoms with Crippen molar-refractivity contribution in [3.63, 3.8) is 0 Å². The molecule has 1 aliphatic rings. The van der Waals surface area contributed by atoms with Crippen LogP contribution in [0.1, 0.15) is 24.1 Å². The fourth-order valence-corrected chi connectivity index (χ4v) is 2.30. The number of halogens is 3. The molecule has 0 radical (unpaired) electrons. The highest BCUT2D eigenvalue weighted by Crippen LogP contribution is 2.33. The summed E-state index contributed by atoms with van der Waals surface area (Å²) in [7, 11) is 0. The predicted molar refractivity (Wildman–Crippen MR) is 70.6 cm³/mol. The number of pyridine rings is 1. The van der Waals surface area contributed by atoms with E-state index in [0.29, 0.717) is 5.39 Å². The third-order valence-electron chi connectivity index (χ3n) is 3.41. The summed E-state index contributed by atoms with van der Waals surface area (Å²) >= 11 is 0. The van der Waals surface area contributed by atoms with Gasteiger partial charge in [-0.25, -0.2) is 4.98 Å². The van der Waals surface area contributed by atoms with Gasteiger partial charge in [-0.1, -0.05) is 0 Å². The molecule has 2 heterocycles. The Hall–Kier alpha value is -2.05. The van der Waals surface area contributed by atoms with E-state index in [1.165, 1.54) is 6.20 Å². The van der Waals surface area contributed by atoms with Crippen LogP contribution < -0.4 is 5.32 Å². The molecule has 0 atom stereocenters. The molecule has 0 bridgehead atoms. The van der Waals surface area contributed by atoms with Crippen LogP contribution >= 0.6 is 0 Å². The van der Waals surface area contributed by atoms with E-state index in [-0.39, 0.29) is 18.2 Å². The molecular weight excluding hydrogens is 283 g/mol. The molecule has 0 aromatic carbocycles. The number of amides is 1. The van der Waals surface area contributed by atoms with Crippen LogP contribution in [0.15, 0.2) is 18.3 Å². The fourth-order valence-electron chi connectivity index (χ4n) is 2.30. The molecule has 0 aliphatic heterocycles. The summed E-state index contributed by atoms with van der Waals surface area (Å²) < 4.78 is 40.3. The van der Waals surface area contributed by atoms with Gasteiger partial charge in [-0.05, 0) is 37.5 Å². The second-order valence-electron chi connectivity index (χ2n) is 5.38. The number of aryl methyl sites for hydroxylation is 1. The average Bonchev–Trinajstić information content (AvgIpc) is 3.09. The first-order chi connectivity index (χ1) is 9.84. The summed E-state index contributed by atoms with van der Waals surface area (Å²) in [6, 6.07) is 2.79. The molecule has 2 aromatic heterocycles. The van der Waals surface area contributed by atoms with E-state index in [1.54, 1.807) is 13.0 Å². The smallest absolute Gasteiger partial charge is 0.352 e. The number of carbonyl (C=O) groups is 1. The molecule has 7 heteroatoms. The van der Waals surface area contributed by atoms with Crippen molar-refractivity contribution in [2.45, 2.75) is 38.5 Å². The van der Waals surface area contributed by atoms with E-state index in [9.17, 15) is 18.0 Å². The van der Waals surface area contributed by atoms with E-state index in [0.717, 1.165) is 29.0 Å². The Labute approximate surface area is 119 Å². The van der Waals surface area contributed by atoms with Gasteiger partial charge < -0.3 is 9.88 Å². The van der Waals surface area contributed by atoms with Gasteiger partial charge in [-0.3, -0.25) is 4.79 Å². The van der Waals surface area contributed by atoms with Crippen molar-refractivity contribution in [3.8, 4) is 0 Å². The number of hydrogen-bond donors (Lipinski definition) is 1. The van der Waals surface area contributed by atoms with Crippen molar-refractivity contribution in [2.24, 2.45) is 0 Å². The van der Waals surface area contributed by atoms with Crippen LogP contribution in [0.3, 0.4) is 0 Å². The fraction of sp³-hybridized carbons (Fsp3) is 0.429. The molecule has 3 rings (SSSR count). The molecule has 21 heavy (non-hydrogen) atoms. The largest absolute Gasteiger partial charge is 0.431 e. The quantitative estimate of drug-likeness (QED) is 0.946. The van der Waals surface area contributed by atoms with E-state index in [4.69, 9.17) is 0 Å². The standard InChI is InChI=1S/C14H14F3N3O/c1-8-4-9-5-11(14(15,16)17)20(13(9)18-6-8)7-12(21)19-10-2-3-10/h4-6,10H,2-3,7H2,1H3,(H,19,21). The van der Waals surface area contributed by atoms with Crippen LogP contribution in [0.25, 0.3) is 11.0 Å². The minimum absolute atomic E-state index is 0.115. The van der Waals surface area contributed by atoms with Crippen LogP contribution in [-0.4, -0.2) is 21.5 Å². The van der Waals surface area contributed by atoms with E-state index >= 15 is 0 Å². The van der Waals surface area contributed by atoms with Gasteiger partial charge in [0.25, 0.3) is 0 Å². The van der Waals surface area contributed by atoms with Gasteiger partial charge in [0.1, 0.15) is 17.9 Å². The third kappa shape index (κ3) is 2.86. The lowest BCUT2D eigenvalue weighted by atomic mass is 10.2. The number of hydrogen-bond acceptors (Lipinski definition) is 2. The zero-order valence-electron chi connectivity index (χ0n) is 11.4. The molecule has 1 aliphatic carbocycles. The lowest BCUT2D eigenvalue weighted by Gasteiger charge is -2.12. The molecule has 4 nitrogen and oxygen atoms in total. The summed E-state index contributed by atoms with van der Waals surface area (Å²) in [6.45, 7) is 1.39. The molecule has 1 amide bonds. The van der Waals surface area contributed by atoms with Gasteiger partial charge in [0.05, 0.1) is 0 Å². The second kappa shape index (κ2) is 4.75. The van der Waals surface area contributed by atoms with Crippen LogP contribution in [0.4, 0.5) is 13.2 Å². The van der Waals surface area contributed by atoms with Gasteiger partial charge in [-0.2, -0.15) is 13.2 Å². The number of nitrogens with one attached hydrogen (secondary N) is 1. The first-order valence-corrected chi connectivity index (χ1v) is 6.67. The average molecular weight is 297 g/mol. The Balaban J connectivity index is 2.02. The maximum absolute atomic E-state index is 13.1. The van der Waals surface area contributed by atoms with E-state index < -0.39 is 17.8 Å². The number of nitrogens with zero attached hydrogens (tertiary/aromatic N) is 2. The van der Waals surface area contributed by atoms with Gasteiger partial charge >= 0.3 is 6.18 Å². The summed E-state index contributed by atoms with van der Waals surface area (Å²) in [4.78, 5) is 15.9. The second-order valence-corrected chi connectivity index (χ2v) is 5.38. The lowest BCUT2D eigenvalue weighted by Crippen LogP contribution is -2.30. The highest BCUT2D eigenvalue weighted by atomic mass is 19.4. The molecular formula is C14H14F3N3O. The van der Waals surface area contributed by atoms with Crippen molar-refractivity contribution in [3.05, 3.63) is 29.6 Å². The number of alkyl halides is 3. The Bertz CT molecular complexity index is 701. The first-order valence-electron chi connectivity index (χ1n) is 6.67. The van der Waals surface area contributed by atoms with Crippen LogP contribution in [0, 0.1) is 6.92 Å². The van der Waals surface area contributed by atoms with Gasteiger partial charge in [-0.15, -0.1) is 0 Å². The molecule has 112 valence electrons. The predicted octanol–water partition coefficient (Wildman–Crippen LogP) is 2.64. The SMILES string of the molecule is Cc1cnc2c(c1)cc(C(F)(F)F)n2CC(=O)NC1CC1. The Morgan fingerprint density at radius 3 is 2.76 bits per heavy atom.